The van der Waals surface area contributed by atoms with Crippen molar-refractivity contribution in [1.29, 1.82) is 0 Å². The standard InChI is InChI=1S/C15H12BrNO3/c16-11-2-3-12(17-9-11)8-13(18)10-1-4-14-15(7-10)20-6-5-19-14/h1-4,7,9H,5-6,8H2. The van der Waals surface area contributed by atoms with Gasteiger partial charge in [-0.2, -0.15) is 0 Å². The molecule has 2 heterocycles. The van der Waals surface area contributed by atoms with Crippen LogP contribution in [0.3, 0.4) is 0 Å². The van der Waals surface area contributed by atoms with Gasteiger partial charge in [-0.1, -0.05) is 0 Å². The maximum absolute atomic E-state index is 12.2. The Labute approximate surface area is 124 Å². The number of aromatic nitrogens is 1. The van der Waals surface area contributed by atoms with Crippen LogP contribution in [0, 0.1) is 0 Å². The summed E-state index contributed by atoms with van der Waals surface area (Å²) in [4.78, 5) is 16.4. The van der Waals surface area contributed by atoms with E-state index in [-0.39, 0.29) is 12.2 Å². The van der Waals surface area contributed by atoms with Crippen molar-refractivity contribution in [2.24, 2.45) is 0 Å². The molecule has 3 rings (SSSR count). The predicted octanol–water partition coefficient (Wildman–Crippen LogP) is 3.04. The molecule has 0 bridgehead atoms. The van der Waals surface area contributed by atoms with Gasteiger partial charge in [0.25, 0.3) is 0 Å². The summed E-state index contributed by atoms with van der Waals surface area (Å²) in [6.07, 6.45) is 1.96. The van der Waals surface area contributed by atoms with Gasteiger partial charge >= 0.3 is 0 Å². The average molecular weight is 334 g/mol. The van der Waals surface area contributed by atoms with Crippen LogP contribution in [0.5, 0.6) is 11.5 Å². The molecule has 0 spiro atoms. The number of Topliss-reactive ketones (excluding diaryl/α,β-unsaturated/α-hetero) is 1. The Morgan fingerprint density at radius 1 is 1.15 bits per heavy atom. The molecule has 1 aromatic carbocycles. The van der Waals surface area contributed by atoms with Gasteiger partial charge in [0.2, 0.25) is 0 Å². The number of rotatable bonds is 3. The lowest BCUT2D eigenvalue weighted by atomic mass is 10.1. The van der Waals surface area contributed by atoms with Crippen molar-refractivity contribution in [2.75, 3.05) is 13.2 Å². The number of pyridine rings is 1. The molecule has 0 radical (unpaired) electrons. The third-order valence-corrected chi connectivity index (χ3v) is 3.46. The third-order valence-electron chi connectivity index (χ3n) is 2.99. The molecule has 0 fully saturated rings. The van der Waals surface area contributed by atoms with Crippen molar-refractivity contribution >= 4 is 21.7 Å². The lowest BCUT2D eigenvalue weighted by Gasteiger charge is -2.18. The van der Waals surface area contributed by atoms with E-state index < -0.39 is 0 Å². The van der Waals surface area contributed by atoms with Crippen molar-refractivity contribution in [1.82, 2.24) is 4.98 Å². The van der Waals surface area contributed by atoms with Crippen LogP contribution in [0.25, 0.3) is 0 Å². The molecular weight excluding hydrogens is 322 g/mol. The van der Waals surface area contributed by atoms with Crippen LogP contribution < -0.4 is 9.47 Å². The van der Waals surface area contributed by atoms with Crippen molar-refractivity contribution < 1.29 is 14.3 Å². The van der Waals surface area contributed by atoms with E-state index in [1.807, 2.05) is 12.1 Å². The molecule has 0 aliphatic carbocycles. The molecule has 0 N–H and O–H groups in total. The van der Waals surface area contributed by atoms with Crippen LogP contribution in [-0.2, 0) is 6.42 Å². The molecule has 1 aliphatic heterocycles. The van der Waals surface area contributed by atoms with Crippen molar-refractivity contribution in [3.63, 3.8) is 0 Å². The Morgan fingerprint density at radius 2 is 1.95 bits per heavy atom. The molecule has 0 atom stereocenters. The molecule has 20 heavy (non-hydrogen) atoms. The molecule has 0 amide bonds. The minimum Gasteiger partial charge on any atom is -0.486 e. The summed E-state index contributed by atoms with van der Waals surface area (Å²) in [5.74, 6) is 1.33. The van der Waals surface area contributed by atoms with E-state index in [0.717, 1.165) is 10.2 Å². The van der Waals surface area contributed by atoms with Gasteiger partial charge in [-0.3, -0.25) is 9.78 Å². The van der Waals surface area contributed by atoms with Crippen LogP contribution in [0.15, 0.2) is 41.0 Å². The molecule has 1 aliphatic rings. The normalized spacial score (nSPS) is 13.1. The first kappa shape index (κ1) is 13.1. The number of fused-ring (bicyclic) bond motifs is 1. The molecule has 0 saturated heterocycles. The highest BCUT2D eigenvalue weighted by Crippen LogP contribution is 2.31. The van der Waals surface area contributed by atoms with Gasteiger partial charge in [0, 0.05) is 21.9 Å². The minimum absolute atomic E-state index is 0.0109. The molecule has 102 valence electrons. The summed E-state index contributed by atoms with van der Waals surface area (Å²) in [5, 5.41) is 0. The smallest absolute Gasteiger partial charge is 0.168 e. The number of benzene rings is 1. The second-order valence-electron chi connectivity index (χ2n) is 4.43. The lowest BCUT2D eigenvalue weighted by molar-refractivity contribution is 0.0990. The zero-order valence-electron chi connectivity index (χ0n) is 10.6. The highest BCUT2D eigenvalue weighted by molar-refractivity contribution is 9.10. The Hall–Kier alpha value is -1.88. The second-order valence-corrected chi connectivity index (χ2v) is 5.34. The zero-order valence-corrected chi connectivity index (χ0v) is 12.2. The van der Waals surface area contributed by atoms with Gasteiger partial charge in [-0.15, -0.1) is 0 Å². The third kappa shape index (κ3) is 2.82. The number of hydrogen-bond donors (Lipinski definition) is 0. The predicted molar refractivity (Wildman–Crippen MR) is 77.4 cm³/mol. The Morgan fingerprint density at radius 3 is 2.70 bits per heavy atom. The van der Waals surface area contributed by atoms with Crippen LogP contribution in [0.4, 0.5) is 0 Å². The largest absolute Gasteiger partial charge is 0.486 e. The summed E-state index contributed by atoms with van der Waals surface area (Å²) < 4.78 is 11.8. The number of hydrogen-bond acceptors (Lipinski definition) is 4. The van der Waals surface area contributed by atoms with E-state index in [1.54, 1.807) is 24.4 Å². The Kier molecular flexibility index (Phi) is 3.69. The van der Waals surface area contributed by atoms with E-state index in [2.05, 4.69) is 20.9 Å². The number of ether oxygens (including phenoxy) is 2. The summed E-state index contributed by atoms with van der Waals surface area (Å²) in [7, 11) is 0. The zero-order chi connectivity index (χ0) is 13.9. The maximum atomic E-state index is 12.2. The second kappa shape index (κ2) is 5.63. The lowest BCUT2D eigenvalue weighted by Crippen LogP contribution is -2.16. The van der Waals surface area contributed by atoms with E-state index in [0.29, 0.717) is 30.3 Å². The Balaban J connectivity index is 1.78. The van der Waals surface area contributed by atoms with Gasteiger partial charge in [0.1, 0.15) is 13.2 Å². The van der Waals surface area contributed by atoms with Gasteiger partial charge in [0.05, 0.1) is 6.42 Å². The maximum Gasteiger partial charge on any atom is 0.168 e. The average Bonchev–Trinajstić information content (AvgIpc) is 2.49. The molecule has 0 unspecified atom stereocenters. The van der Waals surface area contributed by atoms with E-state index in [1.165, 1.54) is 0 Å². The molecule has 1 aromatic heterocycles. The number of ketones is 1. The first-order valence-electron chi connectivity index (χ1n) is 6.26. The molecular formula is C15H12BrNO3. The number of carbonyl (C=O) groups is 1. The molecule has 4 nitrogen and oxygen atoms in total. The van der Waals surface area contributed by atoms with Crippen LogP contribution in [0.2, 0.25) is 0 Å². The number of carbonyl (C=O) groups excluding carboxylic acids is 1. The monoisotopic (exact) mass is 333 g/mol. The van der Waals surface area contributed by atoms with Gasteiger partial charge in [-0.25, -0.2) is 0 Å². The fourth-order valence-electron chi connectivity index (χ4n) is 1.99. The van der Waals surface area contributed by atoms with Crippen LogP contribution in [0.1, 0.15) is 16.1 Å². The first-order chi connectivity index (χ1) is 9.72. The first-order valence-corrected chi connectivity index (χ1v) is 7.05. The van der Waals surface area contributed by atoms with E-state index >= 15 is 0 Å². The highest BCUT2D eigenvalue weighted by Gasteiger charge is 2.15. The number of nitrogens with zero attached hydrogens (tertiary/aromatic N) is 1. The van der Waals surface area contributed by atoms with E-state index in [4.69, 9.17) is 9.47 Å². The summed E-state index contributed by atoms with van der Waals surface area (Å²) >= 11 is 3.32. The fourth-order valence-corrected chi connectivity index (χ4v) is 2.23. The quantitative estimate of drug-likeness (QED) is 0.810. The van der Waals surface area contributed by atoms with Crippen LogP contribution >= 0.6 is 15.9 Å². The SMILES string of the molecule is O=C(Cc1ccc(Br)cn1)c1ccc2c(c1)OCCO2. The topological polar surface area (TPSA) is 48.4 Å². The van der Waals surface area contributed by atoms with Gasteiger partial charge in [-0.05, 0) is 46.3 Å². The number of halogens is 1. The summed E-state index contributed by atoms with van der Waals surface area (Å²) in [5.41, 5.74) is 1.35. The molecule has 5 heteroatoms. The minimum atomic E-state index is 0.0109. The summed E-state index contributed by atoms with van der Waals surface area (Å²) in [6, 6.07) is 8.97. The van der Waals surface area contributed by atoms with Gasteiger partial charge < -0.3 is 9.47 Å². The van der Waals surface area contributed by atoms with Crippen molar-refractivity contribution in [3.05, 3.63) is 52.3 Å². The van der Waals surface area contributed by atoms with Crippen molar-refractivity contribution in [3.8, 4) is 11.5 Å². The van der Waals surface area contributed by atoms with Gasteiger partial charge in [0.15, 0.2) is 17.3 Å². The van der Waals surface area contributed by atoms with Crippen molar-refractivity contribution in [2.45, 2.75) is 6.42 Å². The molecule has 0 saturated carbocycles. The summed E-state index contributed by atoms with van der Waals surface area (Å²) in [6.45, 7) is 1.06. The fraction of sp³-hybridized carbons (Fsp3) is 0.200. The molecule has 2 aromatic rings. The Bertz CT molecular complexity index is 640. The van der Waals surface area contributed by atoms with E-state index in [9.17, 15) is 4.79 Å². The highest BCUT2D eigenvalue weighted by atomic mass is 79.9. The van der Waals surface area contributed by atoms with Crippen LogP contribution in [-0.4, -0.2) is 24.0 Å².